The van der Waals surface area contributed by atoms with Gasteiger partial charge in [0, 0.05) is 6.08 Å². The van der Waals surface area contributed by atoms with E-state index in [9.17, 15) is 4.79 Å². The molecule has 0 heterocycles. The molecule has 86 valence electrons. The Morgan fingerprint density at radius 1 is 1.44 bits per heavy atom. The van der Waals surface area contributed by atoms with Crippen molar-refractivity contribution in [3.8, 4) is 5.75 Å². The second kappa shape index (κ2) is 5.95. The molecule has 0 saturated carbocycles. The zero-order valence-corrected chi connectivity index (χ0v) is 9.56. The molecule has 0 spiro atoms. The summed E-state index contributed by atoms with van der Waals surface area (Å²) in [6.07, 6.45) is 3.32. The van der Waals surface area contributed by atoms with Crippen LogP contribution in [0.25, 0.3) is 0 Å². The first-order valence-corrected chi connectivity index (χ1v) is 5.19. The van der Waals surface area contributed by atoms with Gasteiger partial charge >= 0.3 is 5.97 Å². The van der Waals surface area contributed by atoms with Crippen molar-refractivity contribution in [2.45, 2.75) is 20.3 Å². The third-order valence-corrected chi connectivity index (χ3v) is 2.15. The highest BCUT2D eigenvalue weighted by Gasteiger charge is 1.98. The second-order valence-corrected chi connectivity index (χ2v) is 3.65. The van der Waals surface area contributed by atoms with E-state index in [4.69, 9.17) is 9.84 Å². The number of aryl methyl sites for hydroxylation is 2. The quantitative estimate of drug-likeness (QED) is 0.613. The van der Waals surface area contributed by atoms with Crippen molar-refractivity contribution in [3.05, 3.63) is 41.5 Å². The highest BCUT2D eigenvalue weighted by Crippen LogP contribution is 2.19. The lowest BCUT2D eigenvalue weighted by Gasteiger charge is -2.08. The minimum Gasteiger partial charge on any atom is -0.493 e. The van der Waals surface area contributed by atoms with E-state index in [-0.39, 0.29) is 0 Å². The van der Waals surface area contributed by atoms with Crippen molar-refractivity contribution in [3.63, 3.8) is 0 Å². The van der Waals surface area contributed by atoms with Gasteiger partial charge in [0.2, 0.25) is 0 Å². The number of carbonyl (C=O) groups is 1. The maximum atomic E-state index is 10.2. The molecule has 0 fully saturated rings. The standard InChI is InChI=1S/C13H16O3/c1-10-6-7-11(2)12(9-10)16-8-4-3-5-13(14)15/h3,5-7,9H,4,8H2,1-2H3,(H,14,15)/b5-3+. The minimum atomic E-state index is -0.924. The third-order valence-electron chi connectivity index (χ3n) is 2.15. The molecule has 0 atom stereocenters. The predicted octanol–water partition coefficient (Wildman–Crippen LogP) is 2.71. The van der Waals surface area contributed by atoms with Gasteiger partial charge in [-0.05, 0) is 37.5 Å². The van der Waals surface area contributed by atoms with Crippen LogP contribution in [0.3, 0.4) is 0 Å². The summed E-state index contributed by atoms with van der Waals surface area (Å²) in [7, 11) is 0. The summed E-state index contributed by atoms with van der Waals surface area (Å²) < 4.78 is 5.56. The Morgan fingerprint density at radius 2 is 2.19 bits per heavy atom. The van der Waals surface area contributed by atoms with E-state index in [2.05, 4.69) is 0 Å². The highest BCUT2D eigenvalue weighted by molar-refractivity contribution is 5.79. The van der Waals surface area contributed by atoms with E-state index in [0.717, 1.165) is 23.0 Å². The molecule has 0 aliphatic rings. The number of carboxylic acid groups (broad SMARTS) is 1. The first-order valence-electron chi connectivity index (χ1n) is 5.19. The molecular formula is C13H16O3. The first-order chi connectivity index (χ1) is 7.59. The van der Waals surface area contributed by atoms with Gasteiger partial charge in [-0.3, -0.25) is 0 Å². The van der Waals surface area contributed by atoms with Crippen molar-refractivity contribution >= 4 is 5.97 Å². The molecule has 0 saturated heterocycles. The fourth-order valence-electron chi connectivity index (χ4n) is 1.28. The van der Waals surface area contributed by atoms with Gasteiger partial charge < -0.3 is 9.84 Å². The molecule has 1 N–H and O–H groups in total. The fraction of sp³-hybridized carbons (Fsp3) is 0.308. The molecule has 0 aromatic heterocycles. The van der Waals surface area contributed by atoms with Crippen LogP contribution in [0.4, 0.5) is 0 Å². The Hall–Kier alpha value is -1.77. The van der Waals surface area contributed by atoms with Gasteiger partial charge in [0.15, 0.2) is 0 Å². The average Bonchev–Trinajstić information content (AvgIpc) is 2.22. The van der Waals surface area contributed by atoms with Crippen LogP contribution in [0.15, 0.2) is 30.4 Å². The van der Waals surface area contributed by atoms with Crippen LogP contribution in [-0.2, 0) is 4.79 Å². The van der Waals surface area contributed by atoms with Gasteiger partial charge in [-0.2, -0.15) is 0 Å². The predicted molar refractivity (Wildman–Crippen MR) is 62.8 cm³/mol. The molecule has 0 radical (unpaired) electrons. The number of hydrogen-bond acceptors (Lipinski definition) is 2. The van der Waals surface area contributed by atoms with Crippen molar-refractivity contribution in [1.82, 2.24) is 0 Å². The maximum Gasteiger partial charge on any atom is 0.327 e. The van der Waals surface area contributed by atoms with Gasteiger partial charge in [0.05, 0.1) is 6.61 Å². The van der Waals surface area contributed by atoms with Crippen LogP contribution in [0.5, 0.6) is 5.75 Å². The van der Waals surface area contributed by atoms with E-state index in [0.29, 0.717) is 13.0 Å². The Morgan fingerprint density at radius 3 is 2.88 bits per heavy atom. The molecule has 0 aliphatic carbocycles. The minimum absolute atomic E-state index is 0.494. The zero-order valence-electron chi connectivity index (χ0n) is 9.56. The summed E-state index contributed by atoms with van der Waals surface area (Å²) in [5.41, 5.74) is 2.24. The van der Waals surface area contributed by atoms with E-state index in [1.165, 1.54) is 0 Å². The Balaban J connectivity index is 2.43. The van der Waals surface area contributed by atoms with Gasteiger partial charge in [-0.1, -0.05) is 18.2 Å². The largest absolute Gasteiger partial charge is 0.493 e. The van der Waals surface area contributed by atoms with Gasteiger partial charge in [-0.15, -0.1) is 0 Å². The summed E-state index contributed by atoms with van der Waals surface area (Å²) >= 11 is 0. The highest BCUT2D eigenvalue weighted by atomic mass is 16.5. The van der Waals surface area contributed by atoms with Crippen LogP contribution in [0, 0.1) is 13.8 Å². The SMILES string of the molecule is Cc1ccc(C)c(OCC/C=C/C(=O)O)c1. The van der Waals surface area contributed by atoms with E-state index in [1.807, 2.05) is 32.0 Å². The molecule has 0 aliphatic heterocycles. The molecule has 16 heavy (non-hydrogen) atoms. The van der Waals surface area contributed by atoms with Gasteiger partial charge in [0.1, 0.15) is 5.75 Å². The van der Waals surface area contributed by atoms with Crippen LogP contribution >= 0.6 is 0 Å². The molecule has 0 amide bonds. The number of aliphatic carboxylic acids is 1. The lowest BCUT2D eigenvalue weighted by atomic mass is 10.1. The summed E-state index contributed by atoms with van der Waals surface area (Å²) in [6, 6.07) is 6.03. The molecular weight excluding hydrogens is 204 g/mol. The molecule has 3 nitrogen and oxygen atoms in total. The van der Waals surface area contributed by atoms with Crippen LogP contribution in [0.2, 0.25) is 0 Å². The summed E-state index contributed by atoms with van der Waals surface area (Å²) in [4.78, 5) is 10.2. The van der Waals surface area contributed by atoms with Crippen molar-refractivity contribution in [1.29, 1.82) is 0 Å². The Labute approximate surface area is 95.4 Å². The van der Waals surface area contributed by atoms with Crippen molar-refractivity contribution < 1.29 is 14.6 Å². The molecule has 0 bridgehead atoms. The fourth-order valence-corrected chi connectivity index (χ4v) is 1.28. The van der Waals surface area contributed by atoms with Crippen LogP contribution in [0.1, 0.15) is 17.5 Å². The number of rotatable bonds is 5. The third kappa shape index (κ3) is 4.17. The number of hydrogen-bond donors (Lipinski definition) is 1. The molecule has 0 unspecified atom stereocenters. The van der Waals surface area contributed by atoms with Gasteiger partial charge in [-0.25, -0.2) is 4.79 Å². The van der Waals surface area contributed by atoms with E-state index in [1.54, 1.807) is 6.08 Å². The molecule has 1 aromatic carbocycles. The zero-order chi connectivity index (χ0) is 12.0. The topological polar surface area (TPSA) is 46.5 Å². The Kier molecular flexibility index (Phi) is 4.58. The monoisotopic (exact) mass is 220 g/mol. The van der Waals surface area contributed by atoms with Crippen molar-refractivity contribution in [2.75, 3.05) is 6.61 Å². The lowest BCUT2D eigenvalue weighted by Crippen LogP contribution is -1.98. The van der Waals surface area contributed by atoms with Crippen LogP contribution in [-0.4, -0.2) is 17.7 Å². The summed E-state index contributed by atoms with van der Waals surface area (Å²) in [6.45, 7) is 4.49. The number of carboxylic acids is 1. The maximum absolute atomic E-state index is 10.2. The normalized spacial score (nSPS) is 10.6. The van der Waals surface area contributed by atoms with Gasteiger partial charge in [0.25, 0.3) is 0 Å². The van der Waals surface area contributed by atoms with E-state index >= 15 is 0 Å². The molecule has 1 rings (SSSR count). The lowest BCUT2D eigenvalue weighted by molar-refractivity contribution is -0.131. The Bertz CT molecular complexity index is 394. The van der Waals surface area contributed by atoms with E-state index < -0.39 is 5.97 Å². The summed E-state index contributed by atoms with van der Waals surface area (Å²) in [5.74, 6) is -0.0598. The molecule has 1 aromatic rings. The average molecular weight is 220 g/mol. The second-order valence-electron chi connectivity index (χ2n) is 3.65. The first kappa shape index (κ1) is 12.3. The van der Waals surface area contributed by atoms with Crippen molar-refractivity contribution in [2.24, 2.45) is 0 Å². The smallest absolute Gasteiger partial charge is 0.327 e. The molecule has 3 heteroatoms. The summed E-state index contributed by atoms with van der Waals surface area (Å²) in [5, 5.41) is 8.38. The van der Waals surface area contributed by atoms with Crippen LogP contribution < -0.4 is 4.74 Å². The number of benzene rings is 1. The number of ether oxygens (including phenoxy) is 1.